The Labute approximate surface area is 86.6 Å². The molecule has 0 unspecified atom stereocenters. The van der Waals surface area contributed by atoms with E-state index in [-0.39, 0.29) is 5.84 Å². The van der Waals surface area contributed by atoms with Crippen molar-refractivity contribution in [1.82, 2.24) is 5.32 Å². The van der Waals surface area contributed by atoms with Gasteiger partial charge in [-0.05, 0) is 24.3 Å². The monoisotopic (exact) mass is 201 g/mol. The van der Waals surface area contributed by atoms with Crippen molar-refractivity contribution in [1.29, 1.82) is 0 Å². The molecule has 4 nitrogen and oxygen atoms in total. The first-order chi connectivity index (χ1) is 6.49. The van der Waals surface area contributed by atoms with Gasteiger partial charge in [0.2, 0.25) is 0 Å². The van der Waals surface area contributed by atoms with Gasteiger partial charge in [0.25, 0.3) is 0 Å². The molecule has 0 fully saturated rings. The van der Waals surface area contributed by atoms with Crippen LogP contribution in [0.3, 0.4) is 0 Å². The topological polar surface area (TPSA) is 70.6 Å². The van der Waals surface area contributed by atoms with Crippen LogP contribution >= 0.6 is 0 Å². The van der Waals surface area contributed by atoms with Gasteiger partial charge < -0.3 is 16.3 Å². The molecule has 14 heavy (non-hydrogen) atoms. The first-order valence-electron chi connectivity index (χ1n) is 5.16. The van der Waals surface area contributed by atoms with Gasteiger partial charge in [-0.15, -0.1) is 0 Å². The Morgan fingerprint density at radius 2 is 1.79 bits per heavy atom. The van der Waals surface area contributed by atoms with E-state index in [9.17, 15) is 0 Å². The van der Waals surface area contributed by atoms with Gasteiger partial charge in [0.15, 0.2) is 5.84 Å². The summed E-state index contributed by atoms with van der Waals surface area (Å²) in [5.74, 6) is 2.15. The van der Waals surface area contributed by atoms with E-state index in [2.05, 4.69) is 38.2 Å². The molecule has 0 aliphatic heterocycles. The molecular weight excluding hydrogens is 178 g/mol. The van der Waals surface area contributed by atoms with E-state index < -0.39 is 0 Å². The fourth-order valence-electron chi connectivity index (χ4n) is 1.64. The number of nitrogens with zero attached hydrogens (tertiary/aromatic N) is 1. The summed E-state index contributed by atoms with van der Waals surface area (Å²) in [5.41, 5.74) is 5.35. The summed E-state index contributed by atoms with van der Waals surface area (Å²) in [5, 5.41) is 14.4. The second-order valence-electron chi connectivity index (χ2n) is 4.37. The highest BCUT2D eigenvalue weighted by Gasteiger charge is 2.16. The number of rotatable bonds is 6. The molecule has 4 N–H and O–H groups in total. The Morgan fingerprint density at radius 3 is 2.14 bits per heavy atom. The highest BCUT2D eigenvalue weighted by atomic mass is 16.4. The molecule has 0 spiro atoms. The highest BCUT2D eigenvalue weighted by Crippen LogP contribution is 2.19. The van der Waals surface area contributed by atoms with Gasteiger partial charge in [-0.25, -0.2) is 0 Å². The lowest BCUT2D eigenvalue weighted by molar-refractivity contribution is 0.279. The smallest absolute Gasteiger partial charge is 0.153 e. The molecule has 84 valence electrons. The van der Waals surface area contributed by atoms with Gasteiger partial charge in [-0.2, -0.15) is 0 Å². The lowest BCUT2D eigenvalue weighted by Crippen LogP contribution is -2.35. The van der Waals surface area contributed by atoms with Crippen molar-refractivity contribution in [3.05, 3.63) is 0 Å². The normalized spacial score (nSPS) is 13.2. The van der Waals surface area contributed by atoms with Gasteiger partial charge in [0.1, 0.15) is 0 Å². The Hall–Kier alpha value is -0.770. The second-order valence-corrected chi connectivity index (χ2v) is 4.37. The fourth-order valence-corrected chi connectivity index (χ4v) is 1.64. The van der Waals surface area contributed by atoms with Gasteiger partial charge in [-0.3, -0.25) is 0 Å². The molecule has 0 bridgehead atoms. The summed E-state index contributed by atoms with van der Waals surface area (Å²) in [6.45, 7) is 10.2. The van der Waals surface area contributed by atoms with Crippen LogP contribution in [0, 0.1) is 17.8 Å². The predicted octanol–water partition coefficient (Wildman–Crippen LogP) is 1.25. The summed E-state index contributed by atoms with van der Waals surface area (Å²) in [7, 11) is 0. The largest absolute Gasteiger partial charge is 0.409 e. The molecule has 0 rings (SSSR count). The Morgan fingerprint density at radius 1 is 1.29 bits per heavy atom. The van der Waals surface area contributed by atoms with E-state index in [1.54, 1.807) is 0 Å². The third kappa shape index (κ3) is 5.07. The quantitative estimate of drug-likeness (QED) is 0.262. The van der Waals surface area contributed by atoms with Crippen LogP contribution in [0.2, 0.25) is 0 Å². The van der Waals surface area contributed by atoms with E-state index >= 15 is 0 Å². The Bertz CT molecular complexity index is 170. The number of amidine groups is 1. The summed E-state index contributed by atoms with van der Waals surface area (Å²) in [6.07, 6.45) is 0. The van der Waals surface area contributed by atoms with Crippen LogP contribution in [0.4, 0.5) is 0 Å². The summed E-state index contributed by atoms with van der Waals surface area (Å²) in [6, 6.07) is 0. The van der Waals surface area contributed by atoms with E-state index in [0.717, 1.165) is 6.54 Å². The zero-order valence-corrected chi connectivity index (χ0v) is 9.62. The van der Waals surface area contributed by atoms with Gasteiger partial charge in [0, 0.05) is 0 Å². The average molecular weight is 201 g/mol. The zero-order valence-electron chi connectivity index (χ0n) is 9.62. The molecule has 4 heteroatoms. The fraction of sp³-hybridized carbons (Fsp3) is 0.900. The third-order valence-electron chi connectivity index (χ3n) is 2.53. The molecule has 0 radical (unpaired) electrons. The van der Waals surface area contributed by atoms with Gasteiger partial charge in [-0.1, -0.05) is 32.9 Å². The molecule has 0 saturated heterocycles. The van der Waals surface area contributed by atoms with E-state index in [1.165, 1.54) is 0 Å². The van der Waals surface area contributed by atoms with Gasteiger partial charge in [0.05, 0.1) is 6.54 Å². The van der Waals surface area contributed by atoms with Crippen LogP contribution < -0.4 is 11.1 Å². The van der Waals surface area contributed by atoms with Crippen LogP contribution in [-0.4, -0.2) is 24.1 Å². The standard InChI is InChI=1S/C10H23N3O/c1-7(2)9(8(3)4)5-12-6-10(11)13-14/h7-9,12,14H,5-6H2,1-4H3,(H2,11,13). The van der Waals surface area contributed by atoms with Crippen LogP contribution in [0.5, 0.6) is 0 Å². The maximum Gasteiger partial charge on any atom is 0.153 e. The molecule has 0 aromatic carbocycles. The average Bonchev–Trinajstić information content (AvgIpc) is 2.10. The Balaban J connectivity index is 3.84. The number of hydrogen-bond acceptors (Lipinski definition) is 3. The first kappa shape index (κ1) is 13.2. The van der Waals surface area contributed by atoms with Gasteiger partial charge >= 0.3 is 0 Å². The number of nitrogens with one attached hydrogen (secondary N) is 1. The Kier molecular flexibility index (Phi) is 6.28. The van der Waals surface area contributed by atoms with Crippen molar-refractivity contribution in [3.8, 4) is 0 Å². The molecule has 0 aromatic rings. The van der Waals surface area contributed by atoms with Crippen LogP contribution in [0.15, 0.2) is 5.16 Å². The van der Waals surface area contributed by atoms with Crippen molar-refractivity contribution in [2.24, 2.45) is 28.6 Å². The van der Waals surface area contributed by atoms with E-state index in [4.69, 9.17) is 10.9 Å². The zero-order chi connectivity index (χ0) is 11.1. The molecule has 0 aromatic heterocycles. The summed E-state index contributed by atoms with van der Waals surface area (Å²) >= 11 is 0. The number of oxime groups is 1. The van der Waals surface area contributed by atoms with Crippen molar-refractivity contribution < 1.29 is 5.21 Å². The summed E-state index contributed by atoms with van der Waals surface area (Å²) in [4.78, 5) is 0. The molecule has 0 amide bonds. The maximum absolute atomic E-state index is 8.34. The molecule has 0 heterocycles. The predicted molar refractivity (Wildman–Crippen MR) is 59.4 cm³/mol. The molecule has 0 aliphatic rings. The minimum absolute atomic E-state index is 0.233. The minimum Gasteiger partial charge on any atom is -0.409 e. The number of hydrogen-bond donors (Lipinski definition) is 3. The van der Waals surface area contributed by atoms with Crippen molar-refractivity contribution in [2.75, 3.05) is 13.1 Å². The van der Waals surface area contributed by atoms with Crippen molar-refractivity contribution >= 4 is 5.84 Å². The first-order valence-corrected chi connectivity index (χ1v) is 5.16. The summed E-state index contributed by atoms with van der Waals surface area (Å²) < 4.78 is 0. The maximum atomic E-state index is 8.34. The minimum atomic E-state index is 0.233. The number of nitrogens with two attached hydrogens (primary N) is 1. The second kappa shape index (κ2) is 6.65. The van der Waals surface area contributed by atoms with Crippen molar-refractivity contribution in [3.63, 3.8) is 0 Å². The SMILES string of the molecule is CC(C)C(CNCC(N)=NO)C(C)C. The lowest BCUT2D eigenvalue weighted by atomic mass is 9.85. The molecular formula is C10H23N3O. The third-order valence-corrected chi connectivity index (χ3v) is 2.53. The van der Waals surface area contributed by atoms with E-state index in [0.29, 0.717) is 24.3 Å². The molecule has 0 saturated carbocycles. The molecule has 0 atom stereocenters. The van der Waals surface area contributed by atoms with E-state index in [1.807, 2.05) is 0 Å². The lowest BCUT2D eigenvalue weighted by Gasteiger charge is -2.24. The van der Waals surface area contributed by atoms with Crippen molar-refractivity contribution in [2.45, 2.75) is 27.7 Å². The van der Waals surface area contributed by atoms with Crippen LogP contribution in [-0.2, 0) is 0 Å². The molecule has 0 aliphatic carbocycles. The van der Waals surface area contributed by atoms with Crippen LogP contribution in [0.25, 0.3) is 0 Å². The van der Waals surface area contributed by atoms with Crippen LogP contribution in [0.1, 0.15) is 27.7 Å². The highest BCUT2D eigenvalue weighted by molar-refractivity contribution is 5.81.